The van der Waals surface area contributed by atoms with Crippen molar-refractivity contribution in [1.82, 2.24) is 10.6 Å². The van der Waals surface area contributed by atoms with Crippen molar-refractivity contribution in [2.45, 2.75) is 25.9 Å². The lowest BCUT2D eigenvalue weighted by molar-refractivity contribution is -0.122. The molecule has 6 N–H and O–H groups in total. The second-order valence-electron chi connectivity index (χ2n) is 3.12. The monoisotopic (exact) mass is 202 g/mol. The van der Waals surface area contributed by atoms with Crippen molar-refractivity contribution >= 4 is 11.8 Å². The first-order valence-corrected chi connectivity index (χ1v) is 4.50. The molecule has 0 aromatic carbocycles. The molecule has 6 nitrogen and oxygen atoms in total. The van der Waals surface area contributed by atoms with Gasteiger partial charge in [0, 0.05) is 12.1 Å². The van der Waals surface area contributed by atoms with E-state index in [9.17, 15) is 9.59 Å². The lowest BCUT2D eigenvalue weighted by Crippen LogP contribution is -2.50. The maximum Gasteiger partial charge on any atom is 0.234 e. The maximum atomic E-state index is 10.9. The van der Waals surface area contributed by atoms with Crippen molar-refractivity contribution in [3.05, 3.63) is 0 Å². The summed E-state index contributed by atoms with van der Waals surface area (Å²) >= 11 is 0. The minimum absolute atomic E-state index is 0.0537. The van der Waals surface area contributed by atoms with Gasteiger partial charge in [0.05, 0.1) is 13.1 Å². The van der Waals surface area contributed by atoms with Crippen molar-refractivity contribution in [3.63, 3.8) is 0 Å². The van der Waals surface area contributed by atoms with Gasteiger partial charge in [-0.3, -0.25) is 9.59 Å². The van der Waals surface area contributed by atoms with E-state index >= 15 is 0 Å². The Hall–Kier alpha value is -1.14. The molecule has 0 rings (SSSR count). The standard InChI is InChI=1S/C8H18N4O2/c1-5(11-7(13)3-9)6(2)12-8(14)4-10/h5-6H,3-4,9-10H2,1-2H3,(H,11,13)(H,12,14). The van der Waals surface area contributed by atoms with Gasteiger partial charge >= 0.3 is 0 Å². The molecule has 6 heteroatoms. The summed E-state index contributed by atoms with van der Waals surface area (Å²) in [5, 5.41) is 5.28. The lowest BCUT2D eigenvalue weighted by Gasteiger charge is -2.21. The quantitative estimate of drug-likeness (QED) is 0.410. The summed E-state index contributed by atoms with van der Waals surface area (Å²) in [5.41, 5.74) is 10.3. The maximum absolute atomic E-state index is 10.9. The Morgan fingerprint density at radius 2 is 1.29 bits per heavy atom. The van der Waals surface area contributed by atoms with E-state index in [0.29, 0.717) is 0 Å². The van der Waals surface area contributed by atoms with Crippen LogP contribution in [-0.2, 0) is 9.59 Å². The summed E-state index contributed by atoms with van der Waals surface area (Å²) in [6.45, 7) is 3.47. The fraction of sp³-hybridized carbons (Fsp3) is 0.750. The predicted molar refractivity (Wildman–Crippen MR) is 53.3 cm³/mol. The molecule has 0 bridgehead atoms. The Morgan fingerprint density at radius 3 is 1.50 bits per heavy atom. The van der Waals surface area contributed by atoms with Gasteiger partial charge in [-0.2, -0.15) is 0 Å². The number of amides is 2. The van der Waals surface area contributed by atoms with E-state index in [1.165, 1.54) is 0 Å². The van der Waals surface area contributed by atoms with Crippen LogP contribution in [0.5, 0.6) is 0 Å². The topological polar surface area (TPSA) is 110 Å². The molecular formula is C8H18N4O2. The molecule has 0 aliphatic heterocycles. The fourth-order valence-corrected chi connectivity index (χ4v) is 0.876. The summed E-state index contributed by atoms with van der Waals surface area (Å²) in [7, 11) is 0. The van der Waals surface area contributed by atoms with Crippen LogP contribution >= 0.6 is 0 Å². The van der Waals surface area contributed by atoms with Gasteiger partial charge in [0.2, 0.25) is 11.8 Å². The number of carbonyl (C=O) groups excluding carboxylic acids is 2. The van der Waals surface area contributed by atoms with Crippen LogP contribution in [0, 0.1) is 0 Å². The second-order valence-corrected chi connectivity index (χ2v) is 3.12. The molecule has 0 saturated carbocycles. The highest BCUT2D eigenvalue weighted by atomic mass is 16.2. The third kappa shape index (κ3) is 4.78. The lowest BCUT2D eigenvalue weighted by atomic mass is 10.1. The molecule has 0 aliphatic rings. The highest BCUT2D eigenvalue weighted by Gasteiger charge is 2.15. The normalized spacial score (nSPS) is 14.3. The predicted octanol–water partition coefficient (Wildman–Crippen LogP) is -2.09. The smallest absolute Gasteiger partial charge is 0.234 e. The minimum Gasteiger partial charge on any atom is -0.350 e. The van der Waals surface area contributed by atoms with Crippen LogP contribution in [-0.4, -0.2) is 37.0 Å². The molecule has 0 heterocycles. The number of hydrogen-bond donors (Lipinski definition) is 4. The van der Waals surface area contributed by atoms with Crippen molar-refractivity contribution in [2.75, 3.05) is 13.1 Å². The summed E-state index contributed by atoms with van der Waals surface area (Å²) < 4.78 is 0. The third-order valence-corrected chi connectivity index (χ3v) is 1.90. The van der Waals surface area contributed by atoms with Crippen LogP contribution in [0.2, 0.25) is 0 Å². The van der Waals surface area contributed by atoms with Gasteiger partial charge < -0.3 is 22.1 Å². The number of nitrogens with one attached hydrogen (secondary N) is 2. The highest BCUT2D eigenvalue weighted by Crippen LogP contribution is 1.90. The van der Waals surface area contributed by atoms with Crippen LogP contribution in [0.3, 0.4) is 0 Å². The summed E-state index contributed by atoms with van der Waals surface area (Å²) in [6.07, 6.45) is 0. The largest absolute Gasteiger partial charge is 0.350 e. The molecule has 0 saturated heterocycles. The average Bonchev–Trinajstić information content (AvgIpc) is 2.17. The van der Waals surface area contributed by atoms with Crippen LogP contribution in [0.25, 0.3) is 0 Å². The number of hydrogen-bond acceptors (Lipinski definition) is 4. The number of rotatable bonds is 5. The summed E-state index contributed by atoms with van der Waals surface area (Å²) in [6, 6.07) is -0.330. The summed E-state index contributed by atoms with van der Waals surface area (Å²) in [4.78, 5) is 21.8. The Morgan fingerprint density at radius 1 is 1.00 bits per heavy atom. The Balaban J connectivity index is 3.92. The van der Waals surface area contributed by atoms with Gasteiger partial charge in [-0.25, -0.2) is 0 Å². The van der Waals surface area contributed by atoms with Crippen molar-refractivity contribution < 1.29 is 9.59 Å². The molecule has 0 aromatic rings. The first-order valence-electron chi connectivity index (χ1n) is 4.50. The zero-order valence-corrected chi connectivity index (χ0v) is 8.54. The average molecular weight is 202 g/mol. The Bertz CT molecular complexity index is 186. The number of carbonyl (C=O) groups is 2. The third-order valence-electron chi connectivity index (χ3n) is 1.90. The molecule has 14 heavy (non-hydrogen) atoms. The SMILES string of the molecule is CC(NC(=O)CN)C(C)NC(=O)CN. The first kappa shape index (κ1) is 12.9. The molecule has 0 radical (unpaired) electrons. The van der Waals surface area contributed by atoms with Crippen LogP contribution in [0.15, 0.2) is 0 Å². The Kier molecular flexibility index (Phi) is 5.82. The molecular weight excluding hydrogens is 184 g/mol. The van der Waals surface area contributed by atoms with E-state index in [1.54, 1.807) is 13.8 Å². The van der Waals surface area contributed by atoms with E-state index < -0.39 is 0 Å². The Labute approximate surface area is 83.4 Å². The van der Waals surface area contributed by atoms with E-state index in [2.05, 4.69) is 10.6 Å². The number of nitrogens with two attached hydrogens (primary N) is 2. The van der Waals surface area contributed by atoms with E-state index in [-0.39, 0.29) is 37.0 Å². The zero-order chi connectivity index (χ0) is 11.1. The fourth-order valence-electron chi connectivity index (χ4n) is 0.876. The second kappa shape index (κ2) is 6.33. The van der Waals surface area contributed by atoms with Crippen molar-refractivity contribution in [3.8, 4) is 0 Å². The van der Waals surface area contributed by atoms with Crippen LogP contribution in [0.1, 0.15) is 13.8 Å². The van der Waals surface area contributed by atoms with Crippen molar-refractivity contribution in [2.24, 2.45) is 11.5 Å². The first-order chi connectivity index (χ1) is 6.51. The van der Waals surface area contributed by atoms with E-state index in [4.69, 9.17) is 11.5 Å². The molecule has 2 atom stereocenters. The zero-order valence-electron chi connectivity index (χ0n) is 8.54. The molecule has 2 amide bonds. The molecule has 0 spiro atoms. The molecule has 0 fully saturated rings. The van der Waals surface area contributed by atoms with Gasteiger partial charge in [-0.15, -0.1) is 0 Å². The molecule has 0 aliphatic carbocycles. The van der Waals surface area contributed by atoms with Gasteiger partial charge in [0.15, 0.2) is 0 Å². The molecule has 0 aromatic heterocycles. The van der Waals surface area contributed by atoms with Gasteiger partial charge in [-0.05, 0) is 13.8 Å². The van der Waals surface area contributed by atoms with Crippen molar-refractivity contribution in [1.29, 1.82) is 0 Å². The minimum atomic E-state index is -0.244. The van der Waals surface area contributed by atoms with Crippen LogP contribution < -0.4 is 22.1 Å². The highest BCUT2D eigenvalue weighted by molar-refractivity contribution is 5.79. The van der Waals surface area contributed by atoms with E-state index in [0.717, 1.165) is 0 Å². The van der Waals surface area contributed by atoms with E-state index in [1.807, 2.05) is 0 Å². The molecule has 82 valence electrons. The van der Waals surface area contributed by atoms with Crippen LogP contribution in [0.4, 0.5) is 0 Å². The van der Waals surface area contributed by atoms with Gasteiger partial charge in [0.1, 0.15) is 0 Å². The molecule has 2 unspecified atom stereocenters. The summed E-state index contributed by atoms with van der Waals surface area (Å²) in [5.74, 6) is -0.488. The van der Waals surface area contributed by atoms with Gasteiger partial charge in [-0.1, -0.05) is 0 Å². The van der Waals surface area contributed by atoms with Gasteiger partial charge in [0.25, 0.3) is 0 Å².